The molecule has 178 valence electrons. The van der Waals surface area contributed by atoms with Gasteiger partial charge in [0.2, 0.25) is 5.91 Å². The van der Waals surface area contributed by atoms with Crippen molar-refractivity contribution in [1.29, 1.82) is 0 Å². The van der Waals surface area contributed by atoms with Crippen molar-refractivity contribution < 1.29 is 22.8 Å². The first-order valence-electron chi connectivity index (χ1n) is 11.5. The van der Waals surface area contributed by atoms with Crippen LogP contribution in [0.5, 0.6) is 0 Å². The van der Waals surface area contributed by atoms with Crippen LogP contribution in [0, 0.1) is 6.92 Å². The number of benzene rings is 2. The van der Waals surface area contributed by atoms with Gasteiger partial charge in [0.05, 0.1) is 11.6 Å². The smallest absolute Gasteiger partial charge is 0.353 e. The minimum Gasteiger partial charge on any atom is -0.353 e. The summed E-state index contributed by atoms with van der Waals surface area (Å²) in [6, 6.07) is 13.1. The van der Waals surface area contributed by atoms with E-state index in [2.05, 4.69) is 10.2 Å². The third-order valence-corrected chi connectivity index (χ3v) is 6.13. The van der Waals surface area contributed by atoms with E-state index < -0.39 is 17.8 Å². The van der Waals surface area contributed by atoms with Crippen LogP contribution in [-0.2, 0) is 22.2 Å². The molecule has 1 atom stereocenters. The zero-order chi connectivity index (χ0) is 24.0. The van der Waals surface area contributed by atoms with Gasteiger partial charge >= 0.3 is 6.18 Å². The Labute approximate surface area is 193 Å². The Balaban J connectivity index is 1.72. The Morgan fingerprint density at radius 1 is 1.09 bits per heavy atom. The maximum absolute atomic E-state index is 13.4. The molecule has 33 heavy (non-hydrogen) atoms. The molecule has 4 nitrogen and oxygen atoms in total. The number of amides is 1. The third-order valence-electron chi connectivity index (χ3n) is 6.13. The molecule has 1 unspecified atom stereocenters. The van der Waals surface area contributed by atoms with Crippen molar-refractivity contribution in [3.63, 3.8) is 0 Å². The van der Waals surface area contributed by atoms with Crippen LogP contribution in [0.4, 0.5) is 13.2 Å². The van der Waals surface area contributed by atoms with E-state index in [1.165, 1.54) is 0 Å². The SMILES string of the molecule is CCC(=O)NC1CCN(C(C(=O)CCc2cc(C)cc(C(F)(F)F)c2)c2ccccc2)CC1. The van der Waals surface area contributed by atoms with Gasteiger partial charge in [-0.1, -0.05) is 48.9 Å². The Morgan fingerprint density at radius 2 is 1.76 bits per heavy atom. The molecule has 0 bridgehead atoms. The number of carbonyl (C=O) groups is 2. The fraction of sp³-hybridized carbons (Fsp3) is 0.462. The van der Waals surface area contributed by atoms with Crippen LogP contribution in [0.1, 0.15) is 60.9 Å². The van der Waals surface area contributed by atoms with Gasteiger partial charge in [-0.15, -0.1) is 0 Å². The van der Waals surface area contributed by atoms with Gasteiger partial charge in [-0.2, -0.15) is 13.2 Å². The van der Waals surface area contributed by atoms with Gasteiger partial charge in [-0.3, -0.25) is 14.5 Å². The van der Waals surface area contributed by atoms with E-state index in [9.17, 15) is 22.8 Å². The second kappa shape index (κ2) is 11.0. The van der Waals surface area contributed by atoms with E-state index in [1.807, 2.05) is 37.3 Å². The minimum absolute atomic E-state index is 0.00712. The van der Waals surface area contributed by atoms with E-state index in [0.29, 0.717) is 30.6 Å². The molecule has 1 aliphatic heterocycles. The summed E-state index contributed by atoms with van der Waals surface area (Å²) in [5.74, 6) is 0.0211. The van der Waals surface area contributed by atoms with Gasteiger partial charge in [0.25, 0.3) is 0 Å². The van der Waals surface area contributed by atoms with Crippen molar-refractivity contribution in [2.45, 2.75) is 64.2 Å². The van der Waals surface area contributed by atoms with Crippen molar-refractivity contribution in [1.82, 2.24) is 10.2 Å². The number of piperidine rings is 1. The number of alkyl halides is 3. The van der Waals surface area contributed by atoms with Crippen LogP contribution < -0.4 is 5.32 Å². The number of halogens is 3. The lowest BCUT2D eigenvalue weighted by molar-refractivity contribution is -0.137. The summed E-state index contributed by atoms with van der Waals surface area (Å²) >= 11 is 0. The standard InChI is InChI=1S/C26H31F3N2O2/c1-3-24(33)30-22-11-13-31(14-12-22)25(20-7-5-4-6-8-20)23(32)10-9-19-15-18(2)16-21(17-19)26(27,28)29/h4-8,15-17,22,25H,3,9-14H2,1-2H3,(H,30,33). The molecule has 0 spiro atoms. The molecule has 1 aliphatic rings. The van der Waals surface area contributed by atoms with Crippen LogP contribution in [0.15, 0.2) is 48.5 Å². The fourth-order valence-corrected chi connectivity index (χ4v) is 4.44. The molecule has 2 aromatic rings. The van der Waals surface area contributed by atoms with Crippen molar-refractivity contribution in [2.24, 2.45) is 0 Å². The van der Waals surface area contributed by atoms with Crippen molar-refractivity contribution in [2.75, 3.05) is 13.1 Å². The van der Waals surface area contributed by atoms with Crippen molar-refractivity contribution in [3.8, 4) is 0 Å². The van der Waals surface area contributed by atoms with Crippen LogP contribution >= 0.6 is 0 Å². The summed E-state index contributed by atoms with van der Waals surface area (Å²) in [7, 11) is 0. The summed E-state index contributed by atoms with van der Waals surface area (Å²) in [4.78, 5) is 27.2. The third kappa shape index (κ3) is 6.90. The van der Waals surface area contributed by atoms with Crippen LogP contribution in [0.3, 0.4) is 0 Å². The quantitative estimate of drug-likeness (QED) is 0.586. The van der Waals surface area contributed by atoms with Crippen molar-refractivity contribution in [3.05, 3.63) is 70.8 Å². The number of nitrogens with zero attached hydrogens (tertiary/aromatic N) is 1. The normalized spacial score (nSPS) is 16.4. The molecule has 3 rings (SSSR count). The maximum Gasteiger partial charge on any atom is 0.416 e. The lowest BCUT2D eigenvalue weighted by Gasteiger charge is -2.37. The second-order valence-electron chi connectivity index (χ2n) is 8.72. The Kier molecular flexibility index (Phi) is 8.30. The lowest BCUT2D eigenvalue weighted by atomic mass is 9.93. The van der Waals surface area contributed by atoms with E-state index in [1.54, 1.807) is 13.0 Å². The number of Topliss-reactive ketones (excluding diaryl/α,β-unsaturated/α-hetero) is 1. The number of hydrogen-bond acceptors (Lipinski definition) is 3. The number of hydrogen-bond donors (Lipinski definition) is 1. The van der Waals surface area contributed by atoms with Gasteiger partial charge in [-0.05, 0) is 49.4 Å². The van der Waals surface area contributed by atoms with Crippen LogP contribution in [0.2, 0.25) is 0 Å². The van der Waals surface area contributed by atoms with Gasteiger partial charge in [0.15, 0.2) is 5.78 Å². The fourth-order valence-electron chi connectivity index (χ4n) is 4.44. The van der Waals surface area contributed by atoms with Crippen LogP contribution in [-0.4, -0.2) is 35.7 Å². The molecular weight excluding hydrogens is 429 g/mol. The molecule has 0 saturated carbocycles. The molecule has 1 heterocycles. The zero-order valence-electron chi connectivity index (χ0n) is 19.1. The summed E-state index contributed by atoms with van der Waals surface area (Å²) in [5, 5.41) is 3.02. The van der Waals surface area contributed by atoms with Crippen molar-refractivity contribution >= 4 is 11.7 Å². The first kappa shape index (κ1) is 25.0. The van der Waals surface area contributed by atoms with Gasteiger partial charge in [-0.25, -0.2) is 0 Å². The average Bonchev–Trinajstić information content (AvgIpc) is 2.79. The summed E-state index contributed by atoms with van der Waals surface area (Å²) in [5.41, 5.74) is 1.26. The summed E-state index contributed by atoms with van der Waals surface area (Å²) < 4.78 is 39.5. The second-order valence-corrected chi connectivity index (χ2v) is 8.72. The number of rotatable bonds is 8. The monoisotopic (exact) mass is 460 g/mol. The number of nitrogens with one attached hydrogen (secondary N) is 1. The molecule has 1 N–H and O–H groups in total. The average molecular weight is 461 g/mol. The van der Waals surface area contributed by atoms with Crippen LogP contribution in [0.25, 0.3) is 0 Å². The van der Waals surface area contributed by atoms with Gasteiger partial charge in [0.1, 0.15) is 0 Å². The number of likely N-dealkylation sites (tertiary alicyclic amines) is 1. The molecule has 2 aromatic carbocycles. The highest BCUT2D eigenvalue weighted by Crippen LogP contribution is 2.32. The first-order chi connectivity index (χ1) is 15.7. The number of aryl methyl sites for hydroxylation is 2. The Bertz CT molecular complexity index is 952. The molecule has 0 radical (unpaired) electrons. The van der Waals surface area contributed by atoms with Gasteiger partial charge in [0, 0.05) is 32.0 Å². The highest BCUT2D eigenvalue weighted by molar-refractivity contribution is 5.85. The topological polar surface area (TPSA) is 49.4 Å². The number of ketones is 1. The number of carbonyl (C=O) groups excluding carboxylic acids is 2. The maximum atomic E-state index is 13.4. The Hall–Kier alpha value is -2.67. The molecule has 0 aliphatic carbocycles. The summed E-state index contributed by atoms with van der Waals surface area (Å²) in [6.07, 6.45) is -2.03. The lowest BCUT2D eigenvalue weighted by Crippen LogP contribution is -2.47. The zero-order valence-corrected chi connectivity index (χ0v) is 19.1. The highest BCUT2D eigenvalue weighted by atomic mass is 19.4. The van der Waals surface area contributed by atoms with E-state index >= 15 is 0 Å². The molecule has 0 aromatic heterocycles. The van der Waals surface area contributed by atoms with E-state index in [4.69, 9.17) is 0 Å². The molecule has 1 fully saturated rings. The minimum atomic E-state index is -4.41. The Morgan fingerprint density at radius 3 is 2.36 bits per heavy atom. The first-order valence-corrected chi connectivity index (χ1v) is 11.5. The highest BCUT2D eigenvalue weighted by Gasteiger charge is 2.32. The van der Waals surface area contributed by atoms with Gasteiger partial charge < -0.3 is 5.32 Å². The van der Waals surface area contributed by atoms with E-state index in [0.717, 1.165) is 30.5 Å². The molecule has 7 heteroatoms. The predicted molar refractivity (Wildman–Crippen MR) is 122 cm³/mol. The molecular formula is C26H31F3N2O2. The largest absolute Gasteiger partial charge is 0.416 e. The predicted octanol–water partition coefficient (Wildman–Crippen LogP) is 5.25. The van der Waals surface area contributed by atoms with E-state index in [-0.39, 0.29) is 30.6 Å². The summed E-state index contributed by atoms with van der Waals surface area (Å²) in [6.45, 7) is 4.79. The molecule has 1 amide bonds. The molecule has 1 saturated heterocycles.